The smallest absolute Gasteiger partial charge is 0.305 e. The lowest BCUT2D eigenvalue weighted by Crippen LogP contribution is -2.02. The van der Waals surface area contributed by atoms with E-state index in [4.69, 9.17) is 9.47 Å². The molecule has 0 fully saturated rings. The van der Waals surface area contributed by atoms with Gasteiger partial charge in [0.2, 0.25) is 0 Å². The quantitative estimate of drug-likeness (QED) is 0.449. The molecule has 0 bridgehead atoms. The van der Waals surface area contributed by atoms with Crippen LogP contribution in [0.15, 0.2) is 77.3 Å². The number of hydrogen-bond donors (Lipinski definition) is 0. The third kappa shape index (κ3) is 5.44. The van der Waals surface area contributed by atoms with Crippen molar-refractivity contribution in [2.75, 3.05) is 7.11 Å². The largest absolute Gasteiger partial charge is 0.488 e. The number of halogens is 1. The van der Waals surface area contributed by atoms with E-state index >= 15 is 0 Å². The van der Waals surface area contributed by atoms with Crippen molar-refractivity contribution in [2.45, 2.75) is 19.4 Å². The minimum absolute atomic E-state index is 0.199. The molecule has 27 heavy (non-hydrogen) atoms. The number of hydrogen-bond acceptors (Lipinski definition) is 3. The molecule has 0 spiro atoms. The topological polar surface area (TPSA) is 35.5 Å². The van der Waals surface area contributed by atoms with E-state index in [1.807, 2.05) is 54.6 Å². The Kier molecular flexibility index (Phi) is 6.66. The number of benzene rings is 3. The Labute approximate surface area is 168 Å². The number of rotatable bonds is 7. The van der Waals surface area contributed by atoms with E-state index in [2.05, 4.69) is 34.1 Å². The Bertz CT molecular complexity index is 907. The molecule has 0 saturated heterocycles. The van der Waals surface area contributed by atoms with Crippen molar-refractivity contribution in [3.8, 4) is 16.9 Å². The third-order valence-corrected chi connectivity index (χ3v) is 4.76. The lowest BCUT2D eigenvalue weighted by atomic mass is 10.00. The van der Waals surface area contributed by atoms with Crippen LogP contribution in [0, 0.1) is 0 Å². The van der Waals surface area contributed by atoms with Crippen LogP contribution >= 0.6 is 15.9 Å². The highest BCUT2D eigenvalue weighted by atomic mass is 79.9. The van der Waals surface area contributed by atoms with E-state index in [-0.39, 0.29) is 5.97 Å². The molecule has 0 aliphatic heterocycles. The lowest BCUT2D eigenvalue weighted by molar-refractivity contribution is -0.140. The van der Waals surface area contributed by atoms with Crippen molar-refractivity contribution >= 4 is 21.9 Å². The van der Waals surface area contributed by atoms with Gasteiger partial charge in [-0.25, -0.2) is 0 Å². The highest BCUT2D eigenvalue weighted by Crippen LogP contribution is 2.34. The molecule has 0 radical (unpaired) electrons. The lowest BCUT2D eigenvalue weighted by Gasteiger charge is -2.13. The molecular formula is C23H21BrO3. The molecule has 3 nitrogen and oxygen atoms in total. The monoisotopic (exact) mass is 424 g/mol. The van der Waals surface area contributed by atoms with Gasteiger partial charge < -0.3 is 9.47 Å². The van der Waals surface area contributed by atoms with Gasteiger partial charge in [-0.15, -0.1) is 0 Å². The Balaban J connectivity index is 1.83. The van der Waals surface area contributed by atoms with E-state index in [1.54, 1.807) is 0 Å². The minimum atomic E-state index is -0.199. The van der Waals surface area contributed by atoms with E-state index in [0.717, 1.165) is 32.5 Å². The van der Waals surface area contributed by atoms with Crippen molar-refractivity contribution in [3.63, 3.8) is 0 Å². The number of ether oxygens (including phenoxy) is 2. The van der Waals surface area contributed by atoms with Gasteiger partial charge in [-0.3, -0.25) is 4.79 Å². The average molecular weight is 425 g/mol. The minimum Gasteiger partial charge on any atom is -0.488 e. The average Bonchev–Trinajstić information content (AvgIpc) is 2.72. The van der Waals surface area contributed by atoms with Gasteiger partial charge in [0.1, 0.15) is 12.4 Å². The fraction of sp³-hybridized carbons (Fsp3) is 0.174. The maximum atomic E-state index is 11.4. The maximum absolute atomic E-state index is 11.4. The molecule has 3 rings (SSSR count). The summed E-state index contributed by atoms with van der Waals surface area (Å²) in [5.41, 5.74) is 4.28. The molecule has 3 aromatic carbocycles. The predicted octanol–water partition coefficient (Wildman–Crippen LogP) is 5.80. The second kappa shape index (κ2) is 9.38. The highest BCUT2D eigenvalue weighted by molar-refractivity contribution is 9.10. The molecule has 0 aliphatic carbocycles. The van der Waals surface area contributed by atoms with Crippen LogP contribution in [0.5, 0.6) is 5.75 Å². The first-order chi connectivity index (χ1) is 13.2. The third-order valence-electron chi connectivity index (χ3n) is 4.26. The molecule has 0 N–H and O–H groups in total. The summed E-state index contributed by atoms with van der Waals surface area (Å²) in [4.78, 5) is 11.4. The maximum Gasteiger partial charge on any atom is 0.305 e. The van der Waals surface area contributed by atoms with Crippen LogP contribution in [-0.4, -0.2) is 13.1 Å². The van der Waals surface area contributed by atoms with Crippen LogP contribution in [0.3, 0.4) is 0 Å². The Morgan fingerprint density at radius 3 is 2.48 bits per heavy atom. The van der Waals surface area contributed by atoms with Gasteiger partial charge in [0, 0.05) is 16.5 Å². The summed E-state index contributed by atoms with van der Waals surface area (Å²) in [5.74, 6) is 0.627. The van der Waals surface area contributed by atoms with E-state index in [9.17, 15) is 4.79 Å². The van der Waals surface area contributed by atoms with E-state index in [0.29, 0.717) is 19.4 Å². The molecule has 0 heterocycles. The van der Waals surface area contributed by atoms with Crippen LogP contribution < -0.4 is 4.74 Å². The normalized spacial score (nSPS) is 10.4. The fourth-order valence-corrected chi connectivity index (χ4v) is 3.19. The summed E-state index contributed by atoms with van der Waals surface area (Å²) >= 11 is 3.55. The van der Waals surface area contributed by atoms with Gasteiger partial charge in [-0.2, -0.15) is 0 Å². The van der Waals surface area contributed by atoms with Crippen LogP contribution in [0.1, 0.15) is 17.5 Å². The standard InChI is InChI=1S/C23H21BrO3/c1-26-23(25)13-10-17-8-5-9-19(14-17)21-15-20(24)11-12-22(21)27-16-18-6-3-2-4-7-18/h2-9,11-12,14-15H,10,13,16H2,1H3. The molecule has 0 atom stereocenters. The summed E-state index contributed by atoms with van der Waals surface area (Å²) in [6.07, 6.45) is 1.02. The summed E-state index contributed by atoms with van der Waals surface area (Å²) in [7, 11) is 1.41. The summed E-state index contributed by atoms with van der Waals surface area (Å²) < 4.78 is 11.8. The molecule has 0 unspecified atom stereocenters. The molecular weight excluding hydrogens is 404 g/mol. The molecule has 0 aliphatic rings. The van der Waals surface area contributed by atoms with E-state index < -0.39 is 0 Å². The van der Waals surface area contributed by atoms with Crippen LogP contribution in [0.25, 0.3) is 11.1 Å². The zero-order valence-electron chi connectivity index (χ0n) is 15.2. The molecule has 4 heteroatoms. The number of esters is 1. The van der Waals surface area contributed by atoms with Crippen molar-refractivity contribution in [3.05, 3.63) is 88.4 Å². The molecule has 3 aromatic rings. The Morgan fingerprint density at radius 2 is 1.70 bits per heavy atom. The zero-order chi connectivity index (χ0) is 19.1. The van der Waals surface area contributed by atoms with Crippen LogP contribution in [0.2, 0.25) is 0 Å². The number of carbonyl (C=O) groups is 1. The highest BCUT2D eigenvalue weighted by Gasteiger charge is 2.10. The summed E-state index contributed by atoms with van der Waals surface area (Å²) in [6.45, 7) is 0.511. The van der Waals surface area contributed by atoms with Gasteiger partial charge in [0.05, 0.1) is 7.11 Å². The predicted molar refractivity (Wildman–Crippen MR) is 111 cm³/mol. The van der Waals surface area contributed by atoms with Gasteiger partial charge in [0.25, 0.3) is 0 Å². The van der Waals surface area contributed by atoms with E-state index in [1.165, 1.54) is 7.11 Å². The molecule has 138 valence electrons. The van der Waals surface area contributed by atoms with Crippen LogP contribution in [0.4, 0.5) is 0 Å². The first-order valence-corrected chi connectivity index (χ1v) is 9.57. The van der Waals surface area contributed by atoms with Crippen molar-refractivity contribution in [1.82, 2.24) is 0 Å². The molecule has 0 aromatic heterocycles. The second-order valence-electron chi connectivity index (χ2n) is 6.19. The number of aryl methyl sites for hydroxylation is 1. The first kappa shape index (κ1) is 19.2. The molecule has 0 saturated carbocycles. The zero-order valence-corrected chi connectivity index (χ0v) is 16.7. The van der Waals surface area contributed by atoms with Crippen molar-refractivity contribution < 1.29 is 14.3 Å². The second-order valence-corrected chi connectivity index (χ2v) is 7.11. The summed E-state index contributed by atoms with van der Waals surface area (Å²) in [6, 6.07) is 24.3. The molecule has 0 amide bonds. The van der Waals surface area contributed by atoms with Gasteiger partial charge in [-0.05, 0) is 41.3 Å². The summed E-state index contributed by atoms with van der Waals surface area (Å²) in [5, 5.41) is 0. The number of methoxy groups -OCH3 is 1. The van der Waals surface area contributed by atoms with Gasteiger partial charge >= 0.3 is 5.97 Å². The Hall–Kier alpha value is -2.59. The SMILES string of the molecule is COC(=O)CCc1cccc(-c2cc(Br)ccc2OCc2ccccc2)c1. The number of carbonyl (C=O) groups excluding carboxylic acids is 1. The van der Waals surface area contributed by atoms with Crippen molar-refractivity contribution in [1.29, 1.82) is 0 Å². The Morgan fingerprint density at radius 1 is 0.926 bits per heavy atom. The van der Waals surface area contributed by atoms with Gasteiger partial charge in [-0.1, -0.05) is 70.5 Å². The van der Waals surface area contributed by atoms with Crippen LogP contribution in [-0.2, 0) is 22.6 Å². The fourth-order valence-electron chi connectivity index (χ4n) is 2.83. The first-order valence-electron chi connectivity index (χ1n) is 8.78. The van der Waals surface area contributed by atoms with Crippen molar-refractivity contribution in [2.24, 2.45) is 0 Å². The van der Waals surface area contributed by atoms with Gasteiger partial charge in [0.15, 0.2) is 0 Å².